The summed E-state index contributed by atoms with van der Waals surface area (Å²) in [6, 6.07) is 20.5. The quantitative estimate of drug-likeness (QED) is 0.543. The summed E-state index contributed by atoms with van der Waals surface area (Å²) >= 11 is 0. The van der Waals surface area contributed by atoms with Gasteiger partial charge in [0.1, 0.15) is 17.2 Å². The van der Waals surface area contributed by atoms with E-state index in [0.29, 0.717) is 18.6 Å². The Hall–Kier alpha value is -2.94. The first kappa shape index (κ1) is 18.8. The van der Waals surface area contributed by atoms with Crippen molar-refractivity contribution in [2.24, 2.45) is 0 Å². The number of aromatic hydroxyl groups is 3. The van der Waals surface area contributed by atoms with Gasteiger partial charge in [0, 0.05) is 0 Å². The largest absolute Gasteiger partial charge is 0.508 e. The van der Waals surface area contributed by atoms with Gasteiger partial charge in [0.2, 0.25) is 0 Å². The van der Waals surface area contributed by atoms with Gasteiger partial charge in [0.05, 0.1) is 0 Å². The number of phenols is 3. The van der Waals surface area contributed by atoms with Gasteiger partial charge in [0.15, 0.2) is 0 Å². The van der Waals surface area contributed by atoms with Gasteiger partial charge < -0.3 is 15.3 Å². The Kier molecular flexibility index (Phi) is 5.70. The fourth-order valence-electron chi connectivity index (χ4n) is 3.64. The molecule has 0 saturated carbocycles. The average Bonchev–Trinajstić information content (AvgIpc) is 2.65. The molecule has 2 atom stereocenters. The molecule has 0 spiro atoms. The highest BCUT2D eigenvalue weighted by Crippen LogP contribution is 2.36. The van der Waals surface area contributed by atoms with E-state index in [0.717, 1.165) is 22.3 Å². The van der Waals surface area contributed by atoms with Crippen LogP contribution in [0.1, 0.15) is 47.9 Å². The van der Waals surface area contributed by atoms with Crippen LogP contribution in [0.3, 0.4) is 0 Å². The van der Waals surface area contributed by atoms with Crippen LogP contribution >= 0.6 is 0 Å². The Balaban J connectivity index is 1.81. The molecule has 27 heavy (non-hydrogen) atoms. The van der Waals surface area contributed by atoms with Crippen molar-refractivity contribution in [1.29, 1.82) is 0 Å². The number of rotatable bonds is 6. The molecule has 3 aromatic carbocycles. The van der Waals surface area contributed by atoms with Crippen LogP contribution in [-0.4, -0.2) is 15.3 Å². The highest BCUT2D eigenvalue weighted by molar-refractivity contribution is 5.45. The summed E-state index contributed by atoms with van der Waals surface area (Å²) in [4.78, 5) is 0. The van der Waals surface area contributed by atoms with Gasteiger partial charge in [-0.3, -0.25) is 0 Å². The van der Waals surface area contributed by atoms with Crippen LogP contribution in [0.4, 0.5) is 0 Å². The zero-order chi connectivity index (χ0) is 19.4. The lowest BCUT2D eigenvalue weighted by atomic mass is 9.88. The van der Waals surface area contributed by atoms with E-state index >= 15 is 0 Å². The zero-order valence-electron chi connectivity index (χ0n) is 15.8. The fourth-order valence-corrected chi connectivity index (χ4v) is 3.64. The standard InChI is InChI=1S/C24H26O3/c1-16(20-10-4-6-13-23(20)26)15-19-9-7-11-21(24(19)27)17(2)14-18-8-3-5-12-22(18)25/h3-13,16-17,25-27H,14-15H2,1-2H3. The molecule has 140 valence electrons. The second-order valence-corrected chi connectivity index (χ2v) is 7.25. The molecule has 0 radical (unpaired) electrons. The van der Waals surface area contributed by atoms with Crippen molar-refractivity contribution in [1.82, 2.24) is 0 Å². The van der Waals surface area contributed by atoms with Gasteiger partial charge in [-0.25, -0.2) is 0 Å². The molecule has 0 amide bonds. The van der Waals surface area contributed by atoms with Gasteiger partial charge >= 0.3 is 0 Å². The Labute approximate surface area is 160 Å². The molecule has 0 bridgehead atoms. The van der Waals surface area contributed by atoms with Crippen molar-refractivity contribution in [3.63, 3.8) is 0 Å². The molecule has 3 nitrogen and oxygen atoms in total. The van der Waals surface area contributed by atoms with Gasteiger partial charge in [-0.15, -0.1) is 0 Å². The Morgan fingerprint density at radius 3 is 1.81 bits per heavy atom. The van der Waals surface area contributed by atoms with Crippen LogP contribution < -0.4 is 0 Å². The highest BCUT2D eigenvalue weighted by atomic mass is 16.3. The van der Waals surface area contributed by atoms with E-state index < -0.39 is 0 Å². The third-order valence-electron chi connectivity index (χ3n) is 5.19. The van der Waals surface area contributed by atoms with Crippen LogP contribution in [0.15, 0.2) is 66.7 Å². The topological polar surface area (TPSA) is 60.7 Å². The molecule has 0 aromatic heterocycles. The molecule has 0 aliphatic rings. The molecular formula is C24H26O3. The summed E-state index contributed by atoms with van der Waals surface area (Å²) in [6.45, 7) is 4.10. The summed E-state index contributed by atoms with van der Waals surface area (Å²) in [6.07, 6.45) is 1.29. The predicted octanol–water partition coefficient (Wildman–Crippen LogP) is 5.50. The van der Waals surface area contributed by atoms with Gasteiger partial charge in [0.25, 0.3) is 0 Å². The minimum Gasteiger partial charge on any atom is -0.508 e. The highest BCUT2D eigenvalue weighted by Gasteiger charge is 2.18. The monoisotopic (exact) mass is 362 g/mol. The smallest absolute Gasteiger partial charge is 0.122 e. The Morgan fingerprint density at radius 1 is 0.593 bits per heavy atom. The maximum Gasteiger partial charge on any atom is 0.122 e. The summed E-state index contributed by atoms with van der Waals surface area (Å²) in [5.74, 6) is 1.03. The second-order valence-electron chi connectivity index (χ2n) is 7.25. The minimum absolute atomic E-state index is 0.0682. The third-order valence-corrected chi connectivity index (χ3v) is 5.19. The number of hydrogen-bond acceptors (Lipinski definition) is 3. The van der Waals surface area contributed by atoms with E-state index in [4.69, 9.17) is 0 Å². The van der Waals surface area contributed by atoms with Crippen molar-refractivity contribution in [2.75, 3.05) is 0 Å². The minimum atomic E-state index is 0.0682. The second kappa shape index (κ2) is 8.17. The Bertz CT molecular complexity index is 917. The first-order valence-corrected chi connectivity index (χ1v) is 9.33. The van der Waals surface area contributed by atoms with Gasteiger partial charge in [-0.05, 0) is 59.1 Å². The van der Waals surface area contributed by atoms with E-state index in [-0.39, 0.29) is 23.3 Å². The van der Waals surface area contributed by atoms with Crippen LogP contribution in [0, 0.1) is 0 Å². The van der Waals surface area contributed by atoms with Crippen molar-refractivity contribution < 1.29 is 15.3 Å². The molecule has 0 aliphatic carbocycles. The van der Waals surface area contributed by atoms with E-state index in [1.165, 1.54) is 0 Å². The molecular weight excluding hydrogens is 336 g/mol. The molecule has 3 N–H and O–H groups in total. The normalized spacial score (nSPS) is 13.3. The van der Waals surface area contributed by atoms with E-state index in [9.17, 15) is 15.3 Å². The maximum atomic E-state index is 10.8. The summed E-state index contributed by atoms with van der Waals surface area (Å²) in [5.41, 5.74) is 3.49. The lowest BCUT2D eigenvalue weighted by Crippen LogP contribution is -2.03. The molecule has 0 aliphatic heterocycles. The lowest BCUT2D eigenvalue weighted by molar-refractivity contribution is 0.446. The molecule has 0 heterocycles. The molecule has 0 saturated heterocycles. The van der Waals surface area contributed by atoms with E-state index in [1.807, 2.05) is 61.5 Å². The van der Waals surface area contributed by atoms with Crippen molar-refractivity contribution >= 4 is 0 Å². The zero-order valence-corrected chi connectivity index (χ0v) is 15.8. The SMILES string of the molecule is CC(Cc1cccc(C(C)Cc2ccccc2O)c1O)c1ccccc1O. The summed E-state index contributed by atoms with van der Waals surface area (Å²) in [5, 5.41) is 30.9. The molecule has 3 heteroatoms. The maximum absolute atomic E-state index is 10.8. The van der Waals surface area contributed by atoms with Crippen LogP contribution in [0.5, 0.6) is 17.2 Å². The summed E-state index contributed by atoms with van der Waals surface area (Å²) in [7, 11) is 0. The third kappa shape index (κ3) is 4.25. The van der Waals surface area contributed by atoms with Gasteiger partial charge in [-0.1, -0.05) is 68.4 Å². The molecule has 2 unspecified atom stereocenters. The number of para-hydroxylation sites is 3. The van der Waals surface area contributed by atoms with E-state index in [1.54, 1.807) is 12.1 Å². The van der Waals surface area contributed by atoms with Crippen LogP contribution in [0.2, 0.25) is 0 Å². The lowest BCUT2D eigenvalue weighted by Gasteiger charge is -2.19. The first-order valence-electron chi connectivity index (χ1n) is 9.33. The van der Waals surface area contributed by atoms with Gasteiger partial charge in [-0.2, -0.15) is 0 Å². The van der Waals surface area contributed by atoms with Crippen LogP contribution in [0.25, 0.3) is 0 Å². The number of benzene rings is 3. The molecule has 3 aromatic rings. The number of hydrogen-bond donors (Lipinski definition) is 3. The first-order chi connectivity index (χ1) is 13.0. The fraction of sp³-hybridized carbons (Fsp3) is 0.250. The Morgan fingerprint density at radius 2 is 1.11 bits per heavy atom. The van der Waals surface area contributed by atoms with E-state index in [2.05, 4.69) is 6.92 Å². The molecule has 0 fully saturated rings. The summed E-state index contributed by atoms with van der Waals surface area (Å²) < 4.78 is 0. The van der Waals surface area contributed by atoms with Crippen molar-refractivity contribution in [3.05, 3.63) is 89.0 Å². The number of phenolic OH excluding ortho intramolecular Hbond substituents is 3. The van der Waals surface area contributed by atoms with Crippen molar-refractivity contribution in [2.45, 2.75) is 38.5 Å². The van der Waals surface area contributed by atoms with Crippen molar-refractivity contribution in [3.8, 4) is 17.2 Å². The molecule has 3 rings (SSSR count). The van der Waals surface area contributed by atoms with Crippen LogP contribution in [-0.2, 0) is 12.8 Å². The predicted molar refractivity (Wildman–Crippen MR) is 109 cm³/mol. The average molecular weight is 362 g/mol.